The molecule has 0 aliphatic heterocycles. The van der Waals surface area contributed by atoms with Gasteiger partial charge in [0.1, 0.15) is 0 Å². The van der Waals surface area contributed by atoms with Gasteiger partial charge >= 0.3 is 5.97 Å². The van der Waals surface area contributed by atoms with Gasteiger partial charge in [-0.05, 0) is 62.3 Å². The summed E-state index contributed by atoms with van der Waals surface area (Å²) in [6, 6.07) is 26.4. The van der Waals surface area contributed by atoms with Crippen LogP contribution in [0.25, 0.3) is 22.5 Å². The van der Waals surface area contributed by atoms with Crippen LogP contribution in [0.3, 0.4) is 0 Å². The van der Waals surface area contributed by atoms with Crippen molar-refractivity contribution >= 4 is 11.9 Å². The van der Waals surface area contributed by atoms with Gasteiger partial charge in [-0.3, -0.25) is 9.59 Å². The summed E-state index contributed by atoms with van der Waals surface area (Å²) in [4.78, 5) is 27.3. The van der Waals surface area contributed by atoms with Crippen LogP contribution in [0.1, 0.15) is 61.5 Å². The van der Waals surface area contributed by atoms with Gasteiger partial charge in [0.15, 0.2) is 5.76 Å². The van der Waals surface area contributed by atoms with Gasteiger partial charge in [0.25, 0.3) is 0 Å². The van der Waals surface area contributed by atoms with Crippen molar-refractivity contribution in [1.29, 1.82) is 0 Å². The lowest BCUT2D eigenvalue weighted by molar-refractivity contribution is -0.146. The largest absolute Gasteiger partial charge is 0.465 e. The first-order chi connectivity index (χ1) is 19.3. The second-order valence-electron chi connectivity index (χ2n) is 10.6. The molecule has 3 aromatic carbocycles. The number of aryl methyl sites for hydroxylation is 1. The second kappa shape index (κ2) is 11.5. The first kappa shape index (κ1) is 27.4. The van der Waals surface area contributed by atoms with E-state index in [9.17, 15) is 9.59 Å². The smallest absolute Gasteiger partial charge is 0.316 e. The number of hydrogen-bond donors (Lipinski definition) is 0. The molecule has 1 atom stereocenters. The summed E-state index contributed by atoms with van der Waals surface area (Å²) in [5, 5.41) is 4.21. The molecule has 0 N–H and O–H groups in total. The molecule has 1 aromatic heterocycles. The SMILES string of the molecule is CCOC(=O)C1(c2ccc(-c3ccc(-c4onc(C)c4CCC(=O)N(C)C(C)c4ccccc4)cc3)cc2)CC1. The fourth-order valence-electron chi connectivity index (χ4n) is 5.29. The minimum Gasteiger partial charge on any atom is -0.465 e. The van der Waals surface area contributed by atoms with Gasteiger partial charge in [0, 0.05) is 24.6 Å². The number of aromatic nitrogens is 1. The minimum absolute atomic E-state index is 0.00155. The first-order valence-corrected chi connectivity index (χ1v) is 14.0. The summed E-state index contributed by atoms with van der Waals surface area (Å²) < 4.78 is 11.0. The Morgan fingerprint density at radius 1 is 0.950 bits per heavy atom. The molecule has 4 aromatic rings. The number of ether oxygens (including phenoxy) is 1. The third-order valence-corrected chi connectivity index (χ3v) is 8.16. The lowest BCUT2D eigenvalue weighted by Crippen LogP contribution is -2.29. The number of nitrogens with zero attached hydrogens (tertiary/aromatic N) is 2. The number of amides is 1. The summed E-state index contributed by atoms with van der Waals surface area (Å²) in [5.74, 6) is 0.665. The fraction of sp³-hybridized carbons (Fsp3) is 0.324. The van der Waals surface area contributed by atoms with Crippen LogP contribution in [0.4, 0.5) is 0 Å². The van der Waals surface area contributed by atoms with E-state index in [4.69, 9.17) is 9.26 Å². The molecular weight excluding hydrogens is 500 g/mol. The van der Waals surface area contributed by atoms with E-state index in [-0.39, 0.29) is 17.9 Å². The molecule has 1 amide bonds. The highest BCUT2D eigenvalue weighted by molar-refractivity contribution is 5.87. The molecule has 1 saturated carbocycles. The molecule has 1 unspecified atom stereocenters. The summed E-state index contributed by atoms with van der Waals surface area (Å²) in [6.07, 6.45) is 2.61. The standard InChI is InChI=1S/C34H36N2O4/c1-5-39-33(38)34(21-22-34)29-17-15-27(16-18-29)26-11-13-28(14-12-26)32-30(23(2)35-40-32)19-20-31(37)36(4)24(3)25-9-7-6-8-10-25/h6-18,24H,5,19-22H2,1-4H3. The van der Waals surface area contributed by atoms with E-state index < -0.39 is 5.41 Å². The van der Waals surface area contributed by atoms with Crippen LogP contribution < -0.4 is 0 Å². The van der Waals surface area contributed by atoms with E-state index >= 15 is 0 Å². The van der Waals surface area contributed by atoms with E-state index in [1.54, 1.807) is 4.90 Å². The Morgan fingerprint density at radius 3 is 2.15 bits per heavy atom. The Bertz CT molecular complexity index is 1470. The normalized spacial score (nSPS) is 14.4. The Morgan fingerprint density at radius 2 is 1.55 bits per heavy atom. The van der Waals surface area contributed by atoms with Crippen molar-refractivity contribution in [2.45, 2.75) is 57.9 Å². The van der Waals surface area contributed by atoms with Crippen molar-refractivity contribution in [2.75, 3.05) is 13.7 Å². The van der Waals surface area contributed by atoms with Crippen LogP contribution in [0.2, 0.25) is 0 Å². The second-order valence-corrected chi connectivity index (χ2v) is 10.6. The summed E-state index contributed by atoms with van der Waals surface area (Å²) in [5.41, 5.74) is 6.50. The van der Waals surface area contributed by atoms with Crippen molar-refractivity contribution in [1.82, 2.24) is 10.1 Å². The Labute approximate surface area is 236 Å². The number of carbonyl (C=O) groups is 2. The highest BCUT2D eigenvalue weighted by Gasteiger charge is 2.52. The molecule has 1 aliphatic carbocycles. The van der Waals surface area contributed by atoms with Crippen molar-refractivity contribution in [2.24, 2.45) is 0 Å². The molecule has 40 heavy (non-hydrogen) atoms. The average Bonchev–Trinajstić information content (AvgIpc) is 3.73. The quantitative estimate of drug-likeness (QED) is 0.203. The van der Waals surface area contributed by atoms with Crippen LogP contribution in [0.15, 0.2) is 83.4 Å². The highest BCUT2D eigenvalue weighted by atomic mass is 16.5. The highest BCUT2D eigenvalue weighted by Crippen LogP contribution is 2.49. The van der Waals surface area contributed by atoms with Gasteiger partial charge in [0.05, 0.1) is 23.8 Å². The molecule has 1 aliphatic rings. The van der Waals surface area contributed by atoms with E-state index in [0.717, 1.165) is 51.9 Å². The molecule has 206 valence electrons. The van der Waals surface area contributed by atoms with Crippen LogP contribution >= 0.6 is 0 Å². The van der Waals surface area contributed by atoms with Crippen LogP contribution in [-0.2, 0) is 26.2 Å². The van der Waals surface area contributed by atoms with Crippen molar-refractivity contribution < 1.29 is 18.8 Å². The van der Waals surface area contributed by atoms with Gasteiger partial charge in [0.2, 0.25) is 5.91 Å². The van der Waals surface area contributed by atoms with Crippen LogP contribution in [0.5, 0.6) is 0 Å². The van der Waals surface area contributed by atoms with Crippen LogP contribution in [0, 0.1) is 6.92 Å². The molecule has 1 heterocycles. The molecule has 0 spiro atoms. The van der Waals surface area contributed by atoms with Gasteiger partial charge in [-0.2, -0.15) is 0 Å². The maximum Gasteiger partial charge on any atom is 0.316 e. The summed E-state index contributed by atoms with van der Waals surface area (Å²) in [6.45, 7) is 6.21. The Hall–Kier alpha value is -4.19. The van der Waals surface area contributed by atoms with Crippen molar-refractivity contribution in [3.8, 4) is 22.5 Å². The van der Waals surface area contributed by atoms with Crippen molar-refractivity contribution in [3.05, 3.63) is 101 Å². The topological polar surface area (TPSA) is 72.6 Å². The van der Waals surface area contributed by atoms with Gasteiger partial charge in [-0.25, -0.2) is 0 Å². The third kappa shape index (κ3) is 5.44. The zero-order valence-electron chi connectivity index (χ0n) is 23.6. The van der Waals surface area contributed by atoms with E-state index in [1.807, 2.05) is 82.4 Å². The number of carbonyl (C=O) groups excluding carboxylic acids is 2. The van der Waals surface area contributed by atoms with Gasteiger partial charge in [-0.1, -0.05) is 84.0 Å². The van der Waals surface area contributed by atoms with Gasteiger partial charge < -0.3 is 14.2 Å². The minimum atomic E-state index is -0.464. The lowest BCUT2D eigenvalue weighted by Gasteiger charge is -2.25. The predicted octanol–water partition coefficient (Wildman–Crippen LogP) is 7.06. The van der Waals surface area contributed by atoms with E-state index in [0.29, 0.717) is 25.2 Å². The zero-order valence-corrected chi connectivity index (χ0v) is 23.6. The average molecular weight is 537 g/mol. The first-order valence-electron chi connectivity index (χ1n) is 14.0. The maximum atomic E-state index is 13.0. The zero-order chi connectivity index (χ0) is 28.3. The molecule has 6 nitrogen and oxygen atoms in total. The van der Waals surface area contributed by atoms with Crippen molar-refractivity contribution in [3.63, 3.8) is 0 Å². The molecule has 0 saturated heterocycles. The monoisotopic (exact) mass is 536 g/mol. The Balaban J connectivity index is 1.26. The fourth-order valence-corrected chi connectivity index (χ4v) is 5.29. The van der Waals surface area contributed by atoms with E-state index in [2.05, 4.69) is 29.4 Å². The molecule has 6 heteroatoms. The maximum absolute atomic E-state index is 13.0. The number of esters is 1. The van der Waals surface area contributed by atoms with E-state index in [1.165, 1.54) is 0 Å². The summed E-state index contributed by atoms with van der Waals surface area (Å²) in [7, 11) is 1.86. The predicted molar refractivity (Wildman–Crippen MR) is 156 cm³/mol. The molecule has 1 fully saturated rings. The lowest BCUT2D eigenvalue weighted by atomic mass is 9.93. The summed E-state index contributed by atoms with van der Waals surface area (Å²) >= 11 is 0. The van der Waals surface area contributed by atoms with Gasteiger partial charge in [-0.15, -0.1) is 0 Å². The Kier molecular flexibility index (Phi) is 7.88. The van der Waals surface area contributed by atoms with Crippen LogP contribution in [-0.4, -0.2) is 35.6 Å². The number of hydrogen-bond acceptors (Lipinski definition) is 5. The number of rotatable bonds is 10. The number of benzene rings is 3. The molecule has 0 bridgehead atoms. The molecular formula is C34H36N2O4. The molecule has 5 rings (SSSR count). The molecule has 0 radical (unpaired) electrons. The third-order valence-electron chi connectivity index (χ3n) is 8.16.